The van der Waals surface area contributed by atoms with E-state index in [9.17, 15) is 0 Å². The van der Waals surface area contributed by atoms with E-state index >= 15 is 0 Å². The molecule has 0 radical (unpaired) electrons. The van der Waals surface area contributed by atoms with Crippen LogP contribution in [0.5, 0.6) is 5.75 Å². The van der Waals surface area contributed by atoms with E-state index in [0.717, 1.165) is 42.5 Å². The van der Waals surface area contributed by atoms with Crippen LogP contribution in [0.3, 0.4) is 0 Å². The Morgan fingerprint density at radius 3 is 2.93 bits per heavy atom. The standard InChI is InChI=1S/C20H30N6O2.HI/c1-21-20(22-15-19-25-24-18-10-4-3-5-11-26(18)19)23-16-8-6-9-17(14-16)28-13-7-12-27-2;/h6,8-9,14H,3-5,7,10-13,15H2,1-2H3,(H2,21,22,23);1H. The molecule has 0 unspecified atom stereocenters. The second-order valence-electron chi connectivity index (χ2n) is 6.77. The van der Waals surface area contributed by atoms with Crippen molar-refractivity contribution in [2.45, 2.75) is 45.2 Å². The molecule has 3 rings (SSSR count). The van der Waals surface area contributed by atoms with Crippen LogP contribution in [0.25, 0.3) is 0 Å². The maximum absolute atomic E-state index is 5.76. The molecule has 0 atom stereocenters. The highest BCUT2D eigenvalue weighted by atomic mass is 127. The molecule has 0 bridgehead atoms. The quantitative estimate of drug-likeness (QED) is 0.244. The van der Waals surface area contributed by atoms with Gasteiger partial charge in [-0.2, -0.15) is 0 Å². The second kappa shape index (κ2) is 12.6. The first-order valence-electron chi connectivity index (χ1n) is 9.90. The van der Waals surface area contributed by atoms with Crippen LogP contribution in [0.4, 0.5) is 5.69 Å². The largest absolute Gasteiger partial charge is 0.493 e. The minimum atomic E-state index is 0. The predicted octanol–water partition coefficient (Wildman–Crippen LogP) is 3.23. The zero-order chi connectivity index (χ0) is 19.6. The number of fused-ring (bicyclic) bond motifs is 1. The van der Waals surface area contributed by atoms with E-state index in [-0.39, 0.29) is 24.0 Å². The van der Waals surface area contributed by atoms with Gasteiger partial charge in [-0.3, -0.25) is 4.99 Å². The summed E-state index contributed by atoms with van der Waals surface area (Å²) in [5.41, 5.74) is 0.914. The normalized spacial score (nSPS) is 13.8. The molecule has 160 valence electrons. The summed E-state index contributed by atoms with van der Waals surface area (Å²) in [4.78, 5) is 4.31. The Balaban J connectivity index is 0.00000300. The number of aromatic nitrogens is 3. The maximum Gasteiger partial charge on any atom is 0.195 e. The Labute approximate surface area is 189 Å². The van der Waals surface area contributed by atoms with E-state index in [1.54, 1.807) is 14.2 Å². The minimum Gasteiger partial charge on any atom is -0.493 e. The molecule has 2 N–H and O–H groups in total. The zero-order valence-corrected chi connectivity index (χ0v) is 19.5. The molecule has 8 nitrogen and oxygen atoms in total. The molecule has 1 aliphatic heterocycles. The van der Waals surface area contributed by atoms with Crippen LogP contribution >= 0.6 is 24.0 Å². The number of benzene rings is 1. The number of methoxy groups -OCH3 is 1. The Hall–Kier alpha value is -1.88. The fourth-order valence-electron chi connectivity index (χ4n) is 3.21. The molecule has 1 aromatic heterocycles. The van der Waals surface area contributed by atoms with Gasteiger partial charge in [0, 0.05) is 51.9 Å². The number of halogens is 1. The van der Waals surface area contributed by atoms with Crippen molar-refractivity contribution in [1.82, 2.24) is 20.1 Å². The molecule has 0 spiro atoms. The average Bonchev–Trinajstić information content (AvgIpc) is 2.94. The molecule has 2 heterocycles. The van der Waals surface area contributed by atoms with Crippen molar-refractivity contribution in [1.29, 1.82) is 0 Å². The summed E-state index contributed by atoms with van der Waals surface area (Å²) in [6.07, 6.45) is 5.50. The van der Waals surface area contributed by atoms with Gasteiger partial charge in [0.1, 0.15) is 11.6 Å². The Kier molecular flexibility index (Phi) is 10.2. The summed E-state index contributed by atoms with van der Waals surface area (Å²) in [7, 11) is 3.45. The maximum atomic E-state index is 5.76. The lowest BCUT2D eigenvalue weighted by atomic mass is 10.2. The van der Waals surface area contributed by atoms with Crippen molar-refractivity contribution in [3.05, 3.63) is 35.9 Å². The molecule has 0 saturated heterocycles. The zero-order valence-electron chi connectivity index (χ0n) is 17.2. The molecule has 9 heteroatoms. The highest BCUT2D eigenvalue weighted by Gasteiger charge is 2.14. The summed E-state index contributed by atoms with van der Waals surface area (Å²) in [6.45, 7) is 2.90. The summed E-state index contributed by atoms with van der Waals surface area (Å²) in [5, 5.41) is 15.3. The fraction of sp³-hybridized carbons (Fsp3) is 0.550. The molecule has 0 saturated carbocycles. The molecule has 0 fully saturated rings. The third kappa shape index (κ3) is 7.14. The number of nitrogens with zero attached hydrogens (tertiary/aromatic N) is 4. The Morgan fingerprint density at radius 2 is 2.10 bits per heavy atom. The van der Waals surface area contributed by atoms with E-state index in [2.05, 4.69) is 30.4 Å². The number of rotatable bonds is 8. The van der Waals surface area contributed by atoms with Gasteiger partial charge in [-0.25, -0.2) is 0 Å². The molecular formula is C20H31IN6O2. The highest BCUT2D eigenvalue weighted by molar-refractivity contribution is 14.0. The second-order valence-corrected chi connectivity index (χ2v) is 6.77. The van der Waals surface area contributed by atoms with Gasteiger partial charge >= 0.3 is 0 Å². The monoisotopic (exact) mass is 514 g/mol. The molecule has 0 amide bonds. The first-order valence-corrected chi connectivity index (χ1v) is 9.90. The summed E-state index contributed by atoms with van der Waals surface area (Å²) in [6, 6.07) is 7.85. The first-order chi connectivity index (χ1) is 13.8. The van der Waals surface area contributed by atoms with Crippen molar-refractivity contribution in [2.75, 3.05) is 32.7 Å². The number of ether oxygens (including phenoxy) is 2. The van der Waals surface area contributed by atoms with Crippen molar-refractivity contribution in [3.63, 3.8) is 0 Å². The first kappa shape index (κ1) is 23.4. The topological polar surface area (TPSA) is 85.6 Å². The molecule has 0 aliphatic carbocycles. The van der Waals surface area contributed by atoms with Crippen molar-refractivity contribution in [2.24, 2.45) is 4.99 Å². The lowest BCUT2D eigenvalue weighted by molar-refractivity contribution is 0.172. The fourth-order valence-corrected chi connectivity index (χ4v) is 3.21. The smallest absolute Gasteiger partial charge is 0.195 e. The van der Waals surface area contributed by atoms with E-state index in [0.29, 0.717) is 25.7 Å². The van der Waals surface area contributed by atoms with Crippen molar-refractivity contribution in [3.8, 4) is 5.75 Å². The summed E-state index contributed by atoms with van der Waals surface area (Å²) >= 11 is 0. The number of hydrogen-bond donors (Lipinski definition) is 2. The SMILES string of the molecule is CN=C(NCc1nnc2n1CCCCC2)Nc1cccc(OCCCOC)c1.I. The number of aryl methyl sites for hydroxylation is 1. The van der Waals surface area contributed by atoms with Gasteiger partial charge in [0.2, 0.25) is 0 Å². The van der Waals surface area contributed by atoms with Crippen LogP contribution in [0.2, 0.25) is 0 Å². The lowest BCUT2D eigenvalue weighted by Gasteiger charge is -2.13. The number of hydrogen-bond acceptors (Lipinski definition) is 5. The number of nitrogens with one attached hydrogen (secondary N) is 2. The minimum absolute atomic E-state index is 0. The average molecular weight is 514 g/mol. The van der Waals surface area contributed by atoms with Crippen LogP contribution in [-0.2, 0) is 24.2 Å². The van der Waals surface area contributed by atoms with E-state index in [4.69, 9.17) is 9.47 Å². The summed E-state index contributed by atoms with van der Waals surface area (Å²) < 4.78 is 13.0. The number of aliphatic imine (C=N–C) groups is 1. The van der Waals surface area contributed by atoms with Crippen LogP contribution in [-0.4, -0.2) is 48.1 Å². The molecule has 1 aromatic carbocycles. The van der Waals surface area contributed by atoms with Gasteiger partial charge < -0.3 is 24.7 Å². The van der Waals surface area contributed by atoms with Gasteiger partial charge in [0.05, 0.1) is 13.2 Å². The van der Waals surface area contributed by atoms with Crippen molar-refractivity contribution >= 4 is 35.6 Å². The summed E-state index contributed by atoms with van der Waals surface area (Å²) in [5.74, 6) is 3.55. The van der Waals surface area contributed by atoms with Gasteiger partial charge in [0.15, 0.2) is 11.8 Å². The van der Waals surface area contributed by atoms with Crippen LogP contribution in [0, 0.1) is 0 Å². The van der Waals surface area contributed by atoms with Gasteiger partial charge in [-0.05, 0) is 25.0 Å². The van der Waals surface area contributed by atoms with Gasteiger partial charge in [-0.1, -0.05) is 12.5 Å². The van der Waals surface area contributed by atoms with Crippen LogP contribution in [0.15, 0.2) is 29.3 Å². The Bertz CT molecular complexity index is 780. The van der Waals surface area contributed by atoms with Crippen molar-refractivity contribution < 1.29 is 9.47 Å². The molecule has 2 aromatic rings. The third-order valence-electron chi connectivity index (χ3n) is 4.68. The van der Waals surface area contributed by atoms with E-state index < -0.39 is 0 Å². The van der Waals surface area contributed by atoms with Crippen LogP contribution in [0.1, 0.15) is 37.3 Å². The van der Waals surface area contributed by atoms with E-state index in [1.165, 1.54) is 19.3 Å². The highest BCUT2D eigenvalue weighted by Crippen LogP contribution is 2.18. The Morgan fingerprint density at radius 1 is 1.21 bits per heavy atom. The third-order valence-corrected chi connectivity index (χ3v) is 4.68. The van der Waals surface area contributed by atoms with Gasteiger partial charge in [0.25, 0.3) is 0 Å². The lowest BCUT2D eigenvalue weighted by Crippen LogP contribution is -2.31. The molecular weight excluding hydrogens is 483 g/mol. The molecule has 29 heavy (non-hydrogen) atoms. The van der Waals surface area contributed by atoms with Crippen LogP contribution < -0.4 is 15.4 Å². The predicted molar refractivity (Wildman–Crippen MR) is 125 cm³/mol. The molecule has 1 aliphatic rings. The van der Waals surface area contributed by atoms with Gasteiger partial charge in [-0.15, -0.1) is 34.2 Å². The van der Waals surface area contributed by atoms with E-state index in [1.807, 2.05) is 24.3 Å². The number of guanidine groups is 1. The number of anilines is 1.